The quantitative estimate of drug-likeness (QED) is 0.276. The zero-order valence-corrected chi connectivity index (χ0v) is 19.5. The van der Waals surface area contributed by atoms with Crippen LogP contribution < -0.4 is 5.56 Å². The van der Waals surface area contributed by atoms with Crippen molar-refractivity contribution in [3.63, 3.8) is 0 Å². The van der Waals surface area contributed by atoms with E-state index in [1.165, 1.54) is 22.2 Å². The molecule has 1 unspecified atom stereocenters. The Morgan fingerprint density at radius 2 is 2.10 bits per heavy atom. The van der Waals surface area contributed by atoms with E-state index in [4.69, 9.17) is 14.1 Å². The summed E-state index contributed by atoms with van der Waals surface area (Å²) in [7, 11) is 1.62. The van der Waals surface area contributed by atoms with E-state index in [1.807, 2.05) is 25.1 Å². The summed E-state index contributed by atoms with van der Waals surface area (Å²) >= 11 is 3.09. The molecule has 3 heterocycles. The summed E-state index contributed by atoms with van der Waals surface area (Å²) in [6.07, 6.45) is 0.984. The Balaban J connectivity index is 1.62. The van der Waals surface area contributed by atoms with Gasteiger partial charge in [0.2, 0.25) is 5.89 Å². The SMILES string of the molecule is CCc1sc(-c2nnc(CSc3nc4ccccc4c(=O)n3C(C)COC)o2)cc1C. The maximum atomic E-state index is 13.1. The van der Waals surface area contributed by atoms with Crippen LogP contribution in [-0.2, 0) is 16.9 Å². The molecule has 0 aliphatic heterocycles. The van der Waals surface area contributed by atoms with Gasteiger partial charge in [0, 0.05) is 12.0 Å². The topological polar surface area (TPSA) is 83.0 Å². The molecule has 4 aromatic rings. The van der Waals surface area contributed by atoms with Gasteiger partial charge in [0.05, 0.1) is 34.2 Å². The van der Waals surface area contributed by atoms with Gasteiger partial charge in [0.15, 0.2) is 5.16 Å². The molecule has 162 valence electrons. The highest BCUT2D eigenvalue weighted by Gasteiger charge is 2.18. The number of hydrogen-bond donors (Lipinski definition) is 0. The van der Waals surface area contributed by atoms with E-state index in [1.54, 1.807) is 29.1 Å². The first kappa shape index (κ1) is 21.7. The van der Waals surface area contributed by atoms with Gasteiger partial charge in [0.25, 0.3) is 11.4 Å². The molecule has 4 rings (SSSR count). The van der Waals surface area contributed by atoms with Crippen molar-refractivity contribution in [1.82, 2.24) is 19.7 Å². The highest BCUT2D eigenvalue weighted by Crippen LogP contribution is 2.32. The number of fused-ring (bicyclic) bond motifs is 1. The third-order valence-electron chi connectivity index (χ3n) is 4.97. The largest absolute Gasteiger partial charge is 0.419 e. The van der Waals surface area contributed by atoms with Crippen LogP contribution in [0.1, 0.15) is 36.2 Å². The molecule has 0 spiro atoms. The lowest BCUT2D eigenvalue weighted by atomic mass is 10.2. The van der Waals surface area contributed by atoms with Gasteiger partial charge >= 0.3 is 0 Å². The Hall–Kier alpha value is -2.49. The fourth-order valence-corrected chi connectivity index (χ4v) is 5.42. The molecule has 0 N–H and O–H groups in total. The Bertz CT molecular complexity index is 1260. The number of para-hydroxylation sites is 1. The van der Waals surface area contributed by atoms with Gasteiger partial charge < -0.3 is 9.15 Å². The average Bonchev–Trinajstić information content (AvgIpc) is 3.38. The number of hydrogen-bond acceptors (Lipinski definition) is 8. The van der Waals surface area contributed by atoms with Crippen LogP contribution in [0.25, 0.3) is 21.7 Å². The van der Waals surface area contributed by atoms with Crippen LogP contribution in [0.2, 0.25) is 0 Å². The maximum Gasteiger partial charge on any atom is 0.262 e. The standard InChI is InChI=1S/C22H24N4O3S2/c1-5-17-13(2)10-18(31-17)20-25-24-19(29-20)12-30-22-23-16-9-7-6-8-15(16)21(27)26(22)14(3)11-28-4/h6-10,14H,5,11-12H2,1-4H3. The first-order chi connectivity index (χ1) is 15.0. The van der Waals surface area contributed by atoms with Gasteiger partial charge in [-0.3, -0.25) is 9.36 Å². The number of aromatic nitrogens is 4. The first-order valence-electron chi connectivity index (χ1n) is 10.1. The van der Waals surface area contributed by atoms with Crippen LogP contribution in [-0.4, -0.2) is 33.5 Å². The minimum Gasteiger partial charge on any atom is -0.419 e. The van der Waals surface area contributed by atoms with Gasteiger partial charge in [-0.15, -0.1) is 21.5 Å². The lowest BCUT2D eigenvalue weighted by Crippen LogP contribution is -2.28. The molecule has 0 bridgehead atoms. The molecule has 9 heteroatoms. The molecule has 3 aromatic heterocycles. The van der Waals surface area contributed by atoms with Gasteiger partial charge in [-0.05, 0) is 44.0 Å². The highest BCUT2D eigenvalue weighted by atomic mass is 32.2. The zero-order valence-electron chi connectivity index (χ0n) is 17.9. The number of rotatable bonds is 8. The van der Waals surface area contributed by atoms with Crippen molar-refractivity contribution in [2.45, 2.75) is 44.1 Å². The molecule has 31 heavy (non-hydrogen) atoms. The van der Waals surface area contributed by atoms with E-state index < -0.39 is 0 Å². The number of aryl methyl sites for hydroxylation is 2. The number of benzene rings is 1. The summed E-state index contributed by atoms with van der Waals surface area (Å²) < 4.78 is 12.9. The summed E-state index contributed by atoms with van der Waals surface area (Å²) in [5, 5.41) is 9.61. The van der Waals surface area contributed by atoms with Crippen LogP contribution in [0.5, 0.6) is 0 Å². The predicted octanol–water partition coefficient (Wildman–Crippen LogP) is 4.88. The predicted molar refractivity (Wildman–Crippen MR) is 124 cm³/mol. The maximum absolute atomic E-state index is 13.1. The third kappa shape index (κ3) is 4.44. The zero-order chi connectivity index (χ0) is 22.0. The van der Waals surface area contributed by atoms with Crippen LogP contribution >= 0.6 is 23.1 Å². The second kappa shape index (κ2) is 9.33. The number of thiophene rings is 1. The van der Waals surface area contributed by atoms with Gasteiger partial charge in [-0.1, -0.05) is 30.8 Å². The van der Waals surface area contributed by atoms with E-state index in [0.29, 0.717) is 40.2 Å². The van der Waals surface area contributed by atoms with E-state index in [-0.39, 0.29) is 11.6 Å². The number of methoxy groups -OCH3 is 1. The molecule has 0 radical (unpaired) electrons. The van der Waals surface area contributed by atoms with Gasteiger partial charge in [0.1, 0.15) is 0 Å². The van der Waals surface area contributed by atoms with E-state index in [9.17, 15) is 4.79 Å². The molecular formula is C22H24N4O3S2. The van der Waals surface area contributed by atoms with Crippen molar-refractivity contribution in [3.8, 4) is 10.8 Å². The van der Waals surface area contributed by atoms with Crippen LogP contribution in [0.15, 0.2) is 44.7 Å². The molecule has 0 aliphatic carbocycles. The van der Waals surface area contributed by atoms with Crippen LogP contribution in [0.3, 0.4) is 0 Å². The summed E-state index contributed by atoms with van der Waals surface area (Å²) in [4.78, 5) is 20.2. The molecule has 1 aromatic carbocycles. The Morgan fingerprint density at radius 3 is 2.84 bits per heavy atom. The minimum absolute atomic E-state index is 0.0787. The normalized spacial score (nSPS) is 12.5. The van der Waals surface area contributed by atoms with Crippen molar-refractivity contribution in [2.24, 2.45) is 0 Å². The lowest BCUT2D eigenvalue weighted by Gasteiger charge is -2.18. The summed E-state index contributed by atoms with van der Waals surface area (Å²) in [6, 6.07) is 9.30. The van der Waals surface area contributed by atoms with E-state index in [2.05, 4.69) is 30.1 Å². The van der Waals surface area contributed by atoms with Crippen LogP contribution in [0, 0.1) is 6.92 Å². The summed E-state index contributed by atoms with van der Waals surface area (Å²) in [6.45, 7) is 6.59. The van der Waals surface area contributed by atoms with E-state index in [0.717, 1.165) is 11.3 Å². The van der Waals surface area contributed by atoms with Crippen molar-refractivity contribution in [2.75, 3.05) is 13.7 Å². The van der Waals surface area contributed by atoms with Gasteiger partial charge in [-0.2, -0.15) is 0 Å². The van der Waals surface area contributed by atoms with E-state index >= 15 is 0 Å². The van der Waals surface area contributed by atoms with Crippen LogP contribution in [0.4, 0.5) is 0 Å². The smallest absolute Gasteiger partial charge is 0.262 e. The summed E-state index contributed by atoms with van der Waals surface area (Å²) in [5.41, 5.74) is 1.83. The molecular weight excluding hydrogens is 432 g/mol. The molecule has 0 amide bonds. The molecule has 7 nitrogen and oxygen atoms in total. The third-order valence-corrected chi connectivity index (χ3v) is 7.28. The molecule has 0 fully saturated rings. The van der Waals surface area contributed by atoms with Crippen molar-refractivity contribution in [1.29, 1.82) is 0 Å². The molecule has 0 saturated carbocycles. The first-order valence-corrected chi connectivity index (χ1v) is 11.9. The monoisotopic (exact) mass is 456 g/mol. The minimum atomic E-state index is -0.156. The second-order valence-corrected chi connectivity index (χ2v) is 9.33. The van der Waals surface area contributed by atoms with Crippen molar-refractivity contribution >= 4 is 34.0 Å². The number of ether oxygens (including phenoxy) is 1. The fraction of sp³-hybridized carbons (Fsp3) is 0.364. The Morgan fingerprint density at radius 1 is 1.29 bits per heavy atom. The molecule has 1 atom stereocenters. The molecule has 0 aliphatic rings. The fourth-order valence-electron chi connectivity index (χ4n) is 3.45. The second-order valence-electron chi connectivity index (χ2n) is 7.25. The number of thioether (sulfide) groups is 1. The molecule has 0 saturated heterocycles. The van der Waals surface area contributed by atoms with Crippen molar-refractivity contribution < 1.29 is 9.15 Å². The Labute approximate surface area is 188 Å². The highest BCUT2D eigenvalue weighted by molar-refractivity contribution is 7.98. The number of nitrogens with zero attached hydrogens (tertiary/aromatic N) is 4. The average molecular weight is 457 g/mol. The van der Waals surface area contributed by atoms with Crippen molar-refractivity contribution in [3.05, 3.63) is 57.0 Å². The summed E-state index contributed by atoms with van der Waals surface area (Å²) in [5.74, 6) is 1.44. The van der Waals surface area contributed by atoms with Gasteiger partial charge in [-0.25, -0.2) is 4.98 Å². The lowest BCUT2D eigenvalue weighted by molar-refractivity contribution is 0.156. The Kier molecular flexibility index (Phi) is 6.54.